The molecule has 0 saturated carbocycles. The minimum absolute atomic E-state index is 0.00891. The second-order valence-electron chi connectivity index (χ2n) is 7.89. The van der Waals surface area contributed by atoms with E-state index in [4.69, 9.17) is 5.14 Å². The average molecular weight is 465 g/mol. The summed E-state index contributed by atoms with van der Waals surface area (Å²) in [6.07, 6.45) is 8.65. The van der Waals surface area contributed by atoms with Gasteiger partial charge in [-0.15, -0.1) is 4.41 Å². The Kier molecular flexibility index (Phi) is 5.17. The van der Waals surface area contributed by atoms with Gasteiger partial charge in [0.1, 0.15) is 0 Å². The Labute approximate surface area is 185 Å². The van der Waals surface area contributed by atoms with Crippen LogP contribution in [0.15, 0.2) is 56.4 Å². The third kappa shape index (κ3) is 3.49. The lowest BCUT2D eigenvalue weighted by atomic mass is 9.90. The lowest BCUT2D eigenvalue weighted by Crippen LogP contribution is -2.66. The highest BCUT2D eigenvalue weighted by Gasteiger charge is 2.51. The molecule has 1 unspecified atom stereocenters. The van der Waals surface area contributed by atoms with E-state index in [0.29, 0.717) is 31.9 Å². The second kappa shape index (κ2) is 7.74. The van der Waals surface area contributed by atoms with Crippen molar-refractivity contribution in [3.05, 3.63) is 46.1 Å². The number of hydrogen-bond donors (Lipinski definition) is 2. The van der Waals surface area contributed by atoms with Crippen molar-refractivity contribution in [3.8, 4) is 0 Å². The van der Waals surface area contributed by atoms with Gasteiger partial charge in [0.15, 0.2) is 5.66 Å². The number of nitrogens with zero attached hydrogens (tertiary/aromatic N) is 6. The summed E-state index contributed by atoms with van der Waals surface area (Å²) in [7, 11) is -3.97. The molecular formula is C18H24N8O3S2. The maximum Gasteiger partial charge on any atom is 0.320 e. The van der Waals surface area contributed by atoms with E-state index in [9.17, 15) is 13.2 Å². The van der Waals surface area contributed by atoms with E-state index in [1.54, 1.807) is 18.5 Å². The van der Waals surface area contributed by atoms with Crippen molar-refractivity contribution in [1.82, 2.24) is 24.5 Å². The number of sulfonamides is 1. The van der Waals surface area contributed by atoms with Crippen LogP contribution in [0.5, 0.6) is 0 Å². The number of rotatable bonds is 3. The Morgan fingerprint density at radius 2 is 1.84 bits per heavy atom. The van der Waals surface area contributed by atoms with Crippen LogP contribution in [0.3, 0.4) is 0 Å². The molecule has 0 aromatic heterocycles. The topological polar surface area (TPSA) is 127 Å². The molecular weight excluding hydrogens is 440 g/mol. The zero-order valence-electron chi connectivity index (χ0n) is 16.8. The molecule has 0 aromatic carbocycles. The largest absolute Gasteiger partial charge is 0.325 e. The molecule has 4 aliphatic heterocycles. The Hall–Kier alpha value is -2.19. The number of allylic oxidation sites excluding steroid dienone is 1. The number of primary sulfonamides is 1. The minimum atomic E-state index is -3.97. The maximum absolute atomic E-state index is 12.8. The van der Waals surface area contributed by atoms with Crippen LogP contribution in [0.2, 0.25) is 0 Å². The predicted octanol–water partition coefficient (Wildman–Crippen LogP) is 0.875. The van der Waals surface area contributed by atoms with Gasteiger partial charge in [-0.3, -0.25) is 4.90 Å². The van der Waals surface area contributed by atoms with Crippen molar-refractivity contribution in [2.24, 2.45) is 15.4 Å². The number of piperazine rings is 1. The van der Waals surface area contributed by atoms with Crippen LogP contribution in [-0.4, -0.2) is 78.5 Å². The maximum atomic E-state index is 12.8. The molecule has 0 aromatic rings. The Morgan fingerprint density at radius 3 is 2.48 bits per heavy atom. The van der Waals surface area contributed by atoms with E-state index >= 15 is 0 Å². The zero-order valence-corrected chi connectivity index (χ0v) is 18.5. The van der Waals surface area contributed by atoms with Gasteiger partial charge in [0.05, 0.1) is 16.8 Å². The smallest absolute Gasteiger partial charge is 0.320 e. The second-order valence-corrected chi connectivity index (χ2v) is 10.3. The van der Waals surface area contributed by atoms with E-state index in [2.05, 4.69) is 20.6 Å². The van der Waals surface area contributed by atoms with E-state index in [0.717, 1.165) is 31.5 Å². The quantitative estimate of drug-likeness (QED) is 0.594. The third-order valence-electron chi connectivity index (χ3n) is 6.12. The highest BCUT2D eigenvalue weighted by Crippen LogP contribution is 2.46. The lowest BCUT2D eigenvalue weighted by molar-refractivity contribution is 0.0170. The number of urea groups is 1. The van der Waals surface area contributed by atoms with Gasteiger partial charge in [0.25, 0.3) is 0 Å². The molecule has 5 rings (SSSR count). The monoisotopic (exact) mass is 464 g/mol. The number of carbonyl (C=O) groups is 1. The first kappa shape index (κ1) is 20.7. The third-order valence-corrected chi connectivity index (χ3v) is 7.87. The van der Waals surface area contributed by atoms with E-state index in [-0.39, 0.29) is 10.9 Å². The van der Waals surface area contributed by atoms with Gasteiger partial charge in [-0.1, -0.05) is 0 Å². The van der Waals surface area contributed by atoms with Crippen molar-refractivity contribution in [2.45, 2.75) is 18.5 Å². The Bertz CT molecular complexity index is 1030. The first-order valence-electron chi connectivity index (χ1n) is 10.2. The molecule has 3 N–H and O–H groups in total. The van der Waals surface area contributed by atoms with E-state index in [1.807, 2.05) is 19.6 Å². The number of hydrazine groups is 1. The molecule has 4 heterocycles. The molecule has 5 aliphatic rings. The fourth-order valence-electron chi connectivity index (χ4n) is 4.58. The van der Waals surface area contributed by atoms with Crippen molar-refractivity contribution in [2.75, 3.05) is 39.3 Å². The summed E-state index contributed by atoms with van der Waals surface area (Å²) in [6.45, 7) is 3.82. The van der Waals surface area contributed by atoms with Gasteiger partial charge in [-0.05, 0) is 36.9 Å². The fraction of sp³-hybridized carbons (Fsp3) is 0.500. The number of nitrogens with two attached hydrogens (primary N) is 1. The van der Waals surface area contributed by atoms with Crippen molar-refractivity contribution >= 4 is 28.0 Å². The molecule has 0 radical (unpaired) electrons. The van der Waals surface area contributed by atoms with Crippen molar-refractivity contribution in [1.29, 1.82) is 0 Å². The van der Waals surface area contributed by atoms with Gasteiger partial charge in [-0.25, -0.2) is 18.4 Å². The number of hydrogen-bond acceptors (Lipinski definition) is 9. The first-order valence-corrected chi connectivity index (χ1v) is 12.5. The molecule has 1 aliphatic carbocycles. The summed E-state index contributed by atoms with van der Waals surface area (Å²) in [6, 6.07) is 0.0802. The molecule has 0 spiro atoms. The van der Waals surface area contributed by atoms with Crippen LogP contribution in [-0.2, 0) is 10.0 Å². The normalized spacial score (nSPS) is 29.0. The van der Waals surface area contributed by atoms with Crippen molar-refractivity contribution in [3.63, 3.8) is 0 Å². The highest BCUT2D eigenvalue weighted by atomic mass is 32.2. The Balaban J connectivity index is 1.47. The van der Waals surface area contributed by atoms with Crippen molar-refractivity contribution < 1.29 is 13.2 Å². The van der Waals surface area contributed by atoms with Crippen LogP contribution in [0.4, 0.5) is 4.79 Å². The molecule has 2 saturated heterocycles. The number of nitrogens with one attached hydrogen (secondary N) is 1. The summed E-state index contributed by atoms with van der Waals surface area (Å²) < 4.78 is 26.4. The van der Waals surface area contributed by atoms with Gasteiger partial charge in [0, 0.05) is 56.4 Å². The molecule has 31 heavy (non-hydrogen) atoms. The SMILES string of the molecule is NS(=O)(=O)C1=CC(N2CCN(C(=O)N3CCCC3)CC2)(N2NC=CS2)C2=CN=NC2=C1. The number of carbonyl (C=O) groups excluding carboxylic acids is 1. The summed E-state index contributed by atoms with van der Waals surface area (Å²) >= 11 is 1.41. The first-order chi connectivity index (χ1) is 14.9. The Morgan fingerprint density at radius 1 is 1.13 bits per heavy atom. The van der Waals surface area contributed by atoms with Crippen LogP contribution in [0, 0.1) is 0 Å². The van der Waals surface area contributed by atoms with Crippen LogP contribution < -0.4 is 10.6 Å². The molecule has 11 nitrogen and oxygen atoms in total. The van der Waals surface area contributed by atoms with Gasteiger partial charge >= 0.3 is 6.03 Å². The summed E-state index contributed by atoms with van der Waals surface area (Å²) in [5.41, 5.74) is 3.44. The number of likely N-dealkylation sites (tertiary alicyclic amines) is 1. The zero-order chi connectivity index (χ0) is 21.6. The van der Waals surface area contributed by atoms with Gasteiger partial charge < -0.3 is 15.2 Å². The standard InChI is InChI=1S/C18H24N8O3S2/c19-31(28,29)14-11-16-15(13-20-22-16)18(12-14,26-21-3-10-30-26)25-8-6-24(7-9-25)17(27)23-4-1-2-5-23/h3,10-13,21H,1-2,4-9H2,(H2,19,28,29). The summed E-state index contributed by atoms with van der Waals surface area (Å²) in [5, 5.41) is 15.6. The molecule has 1 atom stereocenters. The van der Waals surface area contributed by atoms with Gasteiger partial charge in [0.2, 0.25) is 10.0 Å². The highest BCUT2D eigenvalue weighted by molar-refractivity contribution is 8.00. The summed E-state index contributed by atoms with van der Waals surface area (Å²) in [4.78, 5) is 18.7. The summed E-state index contributed by atoms with van der Waals surface area (Å²) in [5.74, 6) is 0. The lowest BCUT2D eigenvalue weighted by Gasteiger charge is -2.51. The molecule has 2 fully saturated rings. The van der Waals surface area contributed by atoms with Gasteiger partial charge in [-0.2, -0.15) is 10.2 Å². The molecule has 166 valence electrons. The minimum Gasteiger partial charge on any atom is -0.325 e. The van der Waals surface area contributed by atoms with Crippen LogP contribution in [0.25, 0.3) is 0 Å². The molecule has 2 amide bonds. The number of fused-ring (bicyclic) bond motifs is 1. The van der Waals surface area contributed by atoms with Crippen LogP contribution in [0.1, 0.15) is 12.8 Å². The molecule has 0 bridgehead atoms. The predicted molar refractivity (Wildman–Crippen MR) is 116 cm³/mol. The number of azo groups is 1. The fourth-order valence-corrected chi connectivity index (χ4v) is 5.98. The van der Waals surface area contributed by atoms with E-state index in [1.165, 1.54) is 18.0 Å². The van der Waals surface area contributed by atoms with Crippen LogP contribution >= 0.6 is 11.9 Å². The average Bonchev–Trinajstić information content (AvgIpc) is 3.54. The van der Waals surface area contributed by atoms with E-state index < -0.39 is 15.7 Å². The molecule has 13 heteroatoms. The number of amides is 2.